The minimum absolute atomic E-state index is 0.114. The van der Waals surface area contributed by atoms with Crippen LogP contribution >= 0.6 is 27.5 Å². The van der Waals surface area contributed by atoms with Crippen molar-refractivity contribution in [3.05, 3.63) is 34.3 Å². The van der Waals surface area contributed by atoms with Crippen molar-refractivity contribution in [1.29, 1.82) is 0 Å². The van der Waals surface area contributed by atoms with E-state index in [9.17, 15) is 4.79 Å². The van der Waals surface area contributed by atoms with E-state index in [4.69, 9.17) is 11.6 Å². The Labute approximate surface area is 121 Å². The van der Waals surface area contributed by atoms with Gasteiger partial charge in [0.15, 0.2) is 0 Å². The first-order valence-corrected chi connectivity index (χ1v) is 7.73. The van der Waals surface area contributed by atoms with Crippen LogP contribution in [0.2, 0.25) is 5.02 Å². The highest BCUT2D eigenvalue weighted by Crippen LogP contribution is 2.23. The summed E-state index contributed by atoms with van der Waals surface area (Å²) >= 11 is 9.48. The molecule has 0 radical (unpaired) electrons. The SMILES string of the molecule is Cc1ccc(Cl)cc1C(=O)N1CCC(CBr)CC1. The zero-order valence-corrected chi connectivity index (χ0v) is 12.8. The molecule has 2 nitrogen and oxygen atoms in total. The van der Waals surface area contributed by atoms with Crippen molar-refractivity contribution in [3.63, 3.8) is 0 Å². The van der Waals surface area contributed by atoms with Crippen LogP contribution in [0.15, 0.2) is 18.2 Å². The normalized spacial score (nSPS) is 16.9. The van der Waals surface area contributed by atoms with Crippen molar-refractivity contribution >= 4 is 33.4 Å². The average molecular weight is 331 g/mol. The van der Waals surface area contributed by atoms with Crippen LogP contribution in [0.1, 0.15) is 28.8 Å². The quantitative estimate of drug-likeness (QED) is 0.753. The van der Waals surface area contributed by atoms with Crippen LogP contribution in [0.25, 0.3) is 0 Å². The number of carbonyl (C=O) groups is 1. The molecule has 1 fully saturated rings. The van der Waals surface area contributed by atoms with Gasteiger partial charge in [-0.2, -0.15) is 0 Å². The molecule has 0 N–H and O–H groups in total. The number of alkyl halides is 1. The molecule has 1 aliphatic heterocycles. The standard InChI is InChI=1S/C14H17BrClNO/c1-10-2-3-12(16)8-13(10)14(18)17-6-4-11(9-15)5-7-17/h2-3,8,11H,4-7,9H2,1H3. The fraction of sp³-hybridized carbons (Fsp3) is 0.500. The molecule has 98 valence electrons. The zero-order chi connectivity index (χ0) is 13.1. The van der Waals surface area contributed by atoms with Crippen molar-refractivity contribution in [2.75, 3.05) is 18.4 Å². The molecule has 0 atom stereocenters. The second-order valence-electron chi connectivity index (χ2n) is 4.85. The molecule has 4 heteroatoms. The summed E-state index contributed by atoms with van der Waals surface area (Å²) < 4.78 is 0. The number of hydrogen-bond donors (Lipinski definition) is 0. The molecule has 1 saturated heterocycles. The maximum atomic E-state index is 12.4. The third kappa shape index (κ3) is 3.07. The summed E-state index contributed by atoms with van der Waals surface area (Å²) in [5.41, 5.74) is 1.73. The van der Waals surface area contributed by atoms with Gasteiger partial charge in [0, 0.05) is 29.0 Å². The van der Waals surface area contributed by atoms with Crippen LogP contribution in [-0.2, 0) is 0 Å². The van der Waals surface area contributed by atoms with Crippen molar-refractivity contribution < 1.29 is 4.79 Å². The van der Waals surface area contributed by atoms with Gasteiger partial charge in [-0.25, -0.2) is 0 Å². The highest BCUT2D eigenvalue weighted by Gasteiger charge is 2.23. The van der Waals surface area contributed by atoms with Crippen LogP contribution < -0.4 is 0 Å². The number of amides is 1. The molecular weight excluding hydrogens is 314 g/mol. The van der Waals surface area contributed by atoms with E-state index >= 15 is 0 Å². The molecule has 0 aliphatic carbocycles. The molecule has 1 aromatic carbocycles. The molecule has 0 saturated carbocycles. The Balaban J connectivity index is 2.10. The van der Waals surface area contributed by atoms with Gasteiger partial charge >= 0.3 is 0 Å². The van der Waals surface area contributed by atoms with E-state index in [1.165, 1.54) is 0 Å². The minimum Gasteiger partial charge on any atom is -0.339 e. The number of benzene rings is 1. The second-order valence-corrected chi connectivity index (χ2v) is 5.93. The summed E-state index contributed by atoms with van der Waals surface area (Å²) in [6, 6.07) is 5.50. The van der Waals surface area contributed by atoms with E-state index in [0.29, 0.717) is 10.9 Å². The lowest BCUT2D eigenvalue weighted by Gasteiger charge is -2.31. The molecule has 18 heavy (non-hydrogen) atoms. The molecule has 0 bridgehead atoms. The maximum absolute atomic E-state index is 12.4. The van der Waals surface area contributed by atoms with Crippen LogP contribution in [-0.4, -0.2) is 29.2 Å². The first kappa shape index (κ1) is 13.9. The second kappa shape index (κ2) is 6.07. The van der Waals surface area contributed by atoms with E-state index in [2.05, 4.69) is 15.9 Å². The van der Waals surface area contributed by atoms with Crippen LogP contribution in [0.4, 0.5) is 0 Å². The van der Waals surface area contributed by atoms with Gasteiger partial charge in [-0.05, 0) is 43.4 Å². The highest BCUT2D eigenvalue weighted by molar-refractivity contribution is 9.09. The number of rotatable bonds is 2. The summed E-state index contributed by atoms with van der Waals surface area (Å²) in [5, 5.41) is 1.66. The van der Waals surface area contributed by atoms with Gasteiger partial charge in [-0.3, -0.25) is 4.79 Å². The molecule has 1 amide bonds. The highest BCUT2D eigenvalue weighted by atomic mass is 79.9. The zero-order valence-electron chi connectivity index (χ0n) is 10.5. The van der Waals surface area contributed by atoms with Crippen molar-refractivity contribution in [2.24, 2.45) is 5.92 Å². The van der Waals surface area contributed by atoms with E-state index in [-0.39, 0.29) is 5.91 Å². The molecule has 0 aromatic heterocycles. The van der Waals surface area contributed by atoms with Gasteiger partial charge in [0.05, 0.1) is 0 Å². The predicted octanol–water partition coefficient (Wildman–Crippen LogP) is 3.90. The monoisotopic (exact) mass is 329 g/mol. The first-order valence-electron chi connectivity index (χ1n) is 6.23. The average Bonchev–Trinajstić information content (AvgIpc) is 2.41. The molecule has 2 rings (SSSR count). The van der Waals surface area contributed by atoms with Gasteiger partial charge in [0.25, 0.3) is 5.91 Å². The Morgan fingerprint density at radius 1 is 1.44 bits per heavy atom. The smallest absolute Gasteiger partial charge is 0.254 e. The van der Waals surface area contributed by atoms with Gasteiger partial charge in [0.2, 0.25) is 0 Å². The fourth-order valence-corrected chi connectivity index (χ4v) is 3.10. The topological polar surface area (TPSA) is 20.3 Å². The maximum Gasteiger partial charge on any atom is 0.254 e. The van der Waals surface area contributed by atoms with Crippen molar-refractivity contribution in [1.82, 2.24) is 4.90 Å². The van der Waals surface area contributed by atoms with E-state index < -0.39 is 0 Å². The number of piperidine rings is 1. The van der Waals surface area contributed by atoms with Gasteiger partial charge < -0.3 is 4.90 Å². The molecule has 0 unspecified atom stereocenters. The lowest BCUT2D eigenvalue weighted by atomic mass is 9.98. The molecular formula is C14H17BrClNO. The Hall–Kier alpha value is -0.540. The Morgan fingerprint density at radius 2 is 2.11 bits per heavy atom. The molecule has 0 spiro atoms. The van der Waals surface area contributed by atoms with Gasteiger partial charge in [-0.1, -0.05) is 33.6 Å². The molecule has 1 aromatic rings. The third-order valence-electron chi connectivity index (χ3n) is 3.55. The molecule has 1 aliphatic rings. The summed E-state index contributed by atoms with van der Waals surface area (Å²) in [4.78, 5) is 14.4. The Morgan fingerprint density at radius 3 is 2.72 bits per heavy atom. The van der Waals surface area contributed by atoms with Crippen molar-refractivity contribution in [2.45, 2.75) is 19.8 Å². The summed E-state index contributed by atoms with van der Waals surface area (Å²) in [6.07, 6.45) is 2.16. The van der Waals surface area contributed by atoms with Crippen molar-refractivity contribution in [3.8, 4) is 0 Å². The number of hydrogen-bond acceptors (Lipinski definition) is 1. The number of halogens is 2. The van der Waals surface area contributed by atoms with E-state index in [1.807, 2.05) is 24.0 Å². The summed E-state index contributed by atoms with van der Waals surface area (Å²) in [5.74, 6) is 0.817. The Bertz CT molecular complexity index is 441. The van der Waals surface area contributed by atoms with Gasteiger partial charge in [0.1, 0.15) is 0 Å². The largest absolute Gasteiger partial charge is 0.339 e. The van der Waals surface area contributed by atoms with Gasteiger partial charge in [-0.15, -0.1) is 0 Å². The van der Waals surface area contributed by atoms with Crippen LogP contribution in [0, 0.1) is 12.8 Å². The lowest BCUT2D eigenvalue weighted by Crippen LogP contribution is -2.39. The Kier molecular flexibility index (Phi) is 4.68. The number of likely N-dealkylation sites (tertiary alicyclic amines) is 1. The van der Waals surface area contributed by atoms with Crippen LogP contribution in [0.5, 0.6) is 0 Å². The summed E-state index contributed by atoms with van der Waals surface area (Å²) in [7, 11) is 0. The number of carbonyl (C=O) groups excluding carboxylic acids is 1. The van der Waals surface area contributed by atoms with Crippen LogP contribution in [0.3, 0.4) is 0 Å². The number of aryl methyl sites for hydroxylation is 1. The third-order valence-corrected chi connectivity index (χ3v) is 4.70. The lowest BCUT2D eigenvalue weighted by molar-refractivity contribution is 0.0698. The fourth-order valence-electron chi connectivity index (χ4n) is 2.29. The van der Waals surface area contributed by atoms with E-state index in [1.54, 1.807) is 6.07 Å². The minimum atomic E-state index is 0.114. The van der Waals surface area contributed by atoms with E-state index in [0.717, 1.165) is 42.4 Å². The predicted molar refractivity (Wildman–Crippen MR) is 78.6 cm³/mol. The first-order chi connectivity index (χ1) is 8.61. The number of nitrogens with zero attached hydrogens (tertiary/aromatic N) is 1. The molecule has 1 heterocycles. The summed E-state index contributed by atoms with van der Waals surface area (Å²) in [6.45, 7) is 3.65.